The summed E-state index contributed by atoms with van der Waals surface area (Å²) in [7, 11) is 0. The molecule has 174 valence electrons. The number of unbranched alkanes of at least 4 members (excludes halogenated alkanes) is 1. The molecule has 8 nitrogen and oxygen atoms in total. The minimum atomic E-state index is -0.763. The topological polar surface area (TPSA) is 116 Å². The largest absolute Gasteiger partial charge is 0.386 e. The van der Waals surface area contributed by atoms with Gasteiger partial charge in [-0.05, 0) is 39.5 Å². The molecule has 34 heavy (non-hydrogen) atoms. The van der Waals surface area contributed by atoms with Crippen LogP contribution in [-0.2, 0) is 13.0 Å². The Bertz CT molecular complexity index is 1270. The first kappa shape index (κ1) is 23.3. The van der Waals surface area contributed by atoms with Crippen LogP contribution in [-0.4, -0.2) is 35.3 Å². The van der Waals surface area contributed by atoms with Gasteiger partial charge < -0.3 is 9.67 Å². The van der Waals surface area contributed by atoms with Crippen LogP contribution >= 0.6 is 0 Å². The fraction of sp³-hybridized carbons (Fsp3) is 0.346. The van der Waals surface area contributed by atoms with Gasteiger partial charge in [-0.3, -0.25) is 0 Å². The molecule has 2 aromatic heterocycles. The molecule has 1 atom stereocenters. The highest BCUT2D eigenvalue weighted by molar-refractivity contribution is 5.80. The Kier molecular flexibility index (Phi) is 7.14. The highest BCUT2D eigenvalue weighted by Crippen LogP contribution is 2.30. The first-order valence-electron chi connectivity index (χ1n) is 11.6. The second-order valence-electron chi connectivity index (χ2n) is 8.74. The van der Waals surface area contributed by atoms with Gasteiger partial charge in [0.05, 0.1) is 0 Å². The fourth-order valence-electron chi connectivity index (χ4n) is 4.04. The number of imidazole rings is 1. The van der Waals surface area contributed by atoms with Crippen molar-refractivity contribution in [1.82, 2.24) is 30.2 Å². The zero-order valence-electron chi connectivity index (χ0n) is 19.7. The van der Waals surface area contributed by atoms with Gasteiger partial charge in [-0.25, -0.2) is 10.1 Å². The van der Waals surface area contributed by atoms with Gasteiger partial charge in [-0.15, -0.1) is 5.10 Å². The summed E-state index contributed by atoms with van der Waals surface area (Å²) in [6.07, 6.45) is 2.02. The minimum Gasteiger partial charge on any atom is -0.386 e. The molecule has 0 amide bonds. The molecule has 8 heteroatoms. The third-order valence-corrected chi connectivity index (χ3v) is 5.98. The Morgan fingerprint density at radius 3 is 2.44 bits per heavy atom. The third kappa shape index (κ3) is 4.75. The number of hydrogen-bond acceptors (Lipinski definition) is 6. The molecular formula is C26H29N7O. The molecule has 0 fully saturated rings. The van der Waals surface area contributed by atoms with E-state index in [2.05, 4.69) is 57.9 Å². The number of aromatic amines is 1. The van der Waals surface area contributed by atoms with Gasteiger partial charge in [0.1, 0.15) is 29.4 Å². The maximum atomic E-state index is 10.7. The molecule has 4 rings (SSSR count). The first-order chi connectivity index (χ1) is 16.5. The maximum Gasteiger partial charge on any atom is 0.180 e. The molecule has 0 saturated carbocycles. The second kappa shape index (κ2) is 10.4. The van der Waals surface area contributed by atoms with E-state index in [1.165, 1.54) is 0 Å². The number of benzene rings is 2. The number of H-pyrrole nitrogens is 1. The summed E-state index contributed by atoms with van der Waals surface area (Å²) in [6.45, 7) is 6.52. The molecule has 1 unspecified atom stereocenters. The highest BCUT2D eigenvalue weighted by atomic mass is 16.3. The summed E-state index contributed by atoms with van der Waals surface area (Å²) in [5.74, 6) is 1.45. The standard InChI is InChI=1S/C26H29N7O/c1-4-5-10-23-28-24(25(34)17(2)3)22(15-27)33(23)16-18-11-13-19(14-12-18)20-8-6-7-9-21(20)26-29-31-32-30-26/h6-9,11-14,17,25,34H,4-5,10,16H2,1-3H3,(H,29,30,31,32). The predicted molar refractivity (Wildman–Crippen MR) is 130 cm³/mol. The number of tetrazole rings is 1. The molecule has 4 aromatic rings. The van der Waals surface area contributed by atoms with Gasteiger partial charge in [0.2, 0.25) is 0 Å². The number of aryl methyl sites for hydroxylation is 1. The normalized spacial score (nSPS) is 12.1. The lowest BCUT2D eigenvalue weighted by molar-refractivity contribution is 0.122. The molecule has 0 spiro atoms. The lowest BCUT2D eigenvalue weighted by Gasteiger charge is -2.13. The molecule has 2 N–H and O–H groups in total. The number of aromatic nitrogens is 6. The highest BCUT2D eigenvalue weighted by Gasteiger charge is 2.24. The monoisotopic (exact) mass is 455 g/mol. The van der Waals surface area contributed by atoms with Crippen LogP contribution in [0.2, 0.25) is 0 Å². The Morgan fingerprint density at radius 2 is 1.82 bits per heavy atom. The Labute approximate surface area is 199 Å². The average Bonchev–Trinajstić information content (AvgIpc) is 3.51. The number of aliphatic hydroxyl groups excluding tert-OH is 1. The van der Waals surface area contributed by atoms with E-state index in [-0.39, 0.29) is 5.92 Å². The van der Waals surface area contributed by atoms with Crippen molar-refractivity contribution in [2.45, 2.75) is 52.7 Å². The van der Waals surface area contributed by atoms with Crippen LogP contribution in [0.5, 0.6) is 0 Å². The number of rotatable bonds is 9. The number of nitrogens with one attached hydrogen (secondary N) is 1. The van der Waals surface area contributed by atoms with Gasteiger partial charge in [0.25, 0.3) is 0 Å². The van der Waals surface area contributed by atoms with Crippen molar-refractivity contribution in [2.75, 3.05) is 0 Å². The van der Waals surface area contributed by atoms with E-state index < -0.39 is 6.10 Å². The van der Waals surface area contributed by atoms with Crippen molar-refractivity contribution in [2.24, 2.45) is 5.92 Å². The summed E-state index contributed by atoms with van der Waals surface area (Å²) >= 11 is 0. The molecule has 0 aliphatic carbocycles. The van der Waals surface area contributed by atoms with E-state index in [1.54, 1.807) is 0 Å². The van der Waals surface area contributed by atoms with Crippen LogP contribution in [0, 0.1) is 17.2 Å². The van der Waals surface area contributed by atoms with Gasteiger partial charge >= 0.3 is 0 Å². The molecule has 2 aromatic carbocycles. The summed E-state index contributed by atoms with van der Waals surface area (Å²) < 4.78 is 1.96. The van der Waals surface area contributed by atoms with Gasteiger partial charge in [-0.2, -0.15) is 5.26 Å². The van der Waals surface area contributed by atoms with Crippen molar-refractivity contribution < 1.29 is 5.11 Å². The summed E-state index contributed by atoms with van der Waals surface area (Å²) in [5, 5.41) is 34.8. The molecule has 2 heterocycles. The SMILES string of the molecule is CCCCc1nc(C(O)C(C)C)c(C#N)n1Cc1ccc(-c2ccccc2-c2nnn[nH]2)cc1. The minimum absolute atomic E-state index is 0.0200. The average molecular weight is 456 g/mol. The van der Waals surface area contributed by atoms with Gasteiger partial charge in [0.15, 0.2) is 5.82 Å². The van der Waals surface area contributed by atoms with Crippen molar-refractivity contribution >= 4 is 0 Å². The van der Waals surface area contributed by atoms with Gasteiger partial charge in [0, 0.05) is 18.5 Å². The van der Waals surface area contributed by atoms with Crippen LogP contribution in [0.3, 0.4) is 0 Å². The quantitative estimate of drug-likeness (QED) is 0.378. The van der Waals surface area contributed by atoms with Crippen LogP contribution in [0.4, 0.5) is 0 Å². The molecule has 0 aliphatic rings. The van der Waals surface area contributed by atoms with Crippen LogP contribution in [0.1, 0.15) is 62.5 Å². The van der Waals surface area contributed by atoms with Crippen molar-refractivity contribution in [3.05, 3.63) is 71.3 Å². The summed E-state index contributed by atoms with van der Waals surface area (Å²) in [4.78, 5) is 4.71. The zero-order valence-corrected chi connectivity index (χ0v) is 19.7. The summed E-state index contributed by atoms with van der Waals surface area (Å²) in [5.41, 5.74) is 4.98. The fourth-order valence-corrected chi connectivity index (χ4v) is 4.04. The summed E-state index contributed by atoms with van der Waals surface area (Å²) in [6, 6.07) is 18.5. The van der Waals surface area contributed by atoms with Crippen molar-refractivity contribution in [1.29, 1.82) is 5.26 Å². The molecule has 0 aliphatic heterocycles. The number of nitriles is 1. The Hall–Kier alpha value is -3.83. The predicted octanol–water partition coefficient (Wildman–Crippen LogP) is 4.68. The Balaban J connectivity index is 1.66. The third-order valence-electron chi connectivity index (χ3n) is 5.98. The maximum absolute atomic E-state index is 10.7. The number of aliphatic hydroxyl groups is 1. The van der Waals surface area contributed by atoms with Crippen molar-refractivity contribution in [3.63, 3.8) is 0 Å². The van der Waals surface area contributed by atoms with Crippen LogP contribution in [0.15, 0.2) is 48.5 Å². The molecule has 0 saturated heterocycles. The number of nitrogens with zero attached hydrogens (tertiary/aromatic N) is 6. The molecule has 0 bridgehead atoms. The van der Waals surface area contributed by atoms with Crippen molar-refractivity contribution in [3.8, 4) is 28.6 Å². The Morgan fingerprint density at radius 1 is 1.09 bits per heavy atom. The van der Waals surface area contributed by atoms with E-state index in [4.69, 9.17) is 4.98 Å². The van der Waals surface area contributed by atoms with Gasteiger partial charge in [-0.1, -0.05) is 75.7 Å². The van der Waals surface area contributed by atoms with Crippen LogP contribution < -0.4 is 0 Å². The van der Waals surface area contributed by atoms with E-state index in [9.17, 15) is 10.4 Å². The first-order valence-corrected chi connectivity index (χ1v) is 11.6. The van der Waals surface area contributed by atoms with E-state index in [0.29, 0.717) is 23.8 Å². The lowest BCUT2D eigenvalue weighted by atomic mass is 9.98. The zero-order chi connectivity index (χ0) is 24.1. The van der Waals surface area contributed by atoms with Crippen LogP contribution in [0.25, 0.3) is 22.5 Å². The van der Waals surface area contributed by atoms with E-state index in [1.807, 2.05) is 42.7 Å². The number of hydrogen-bond donors (Lipinski definition) is 2. The van der Waals surface area contributed by atoms with E-state index >= 15 is 0 Å². The second-order valence-corrected chi connectivity index (χ2v) is 8.74. The van der Waals surface area contributed by atoms with E-state index in [0.717, 1.165) is 47.3 Å². The molecule has 0 radical (unpaired) electrons. The lowest BCUT2D eigenvalue weighted by Crippen LogP contribution is -2.10. The molecular weight excluding hydrogens is 426 g/mol. The smallest absolute Gasteiger partial charge is 0.180 e.